The highest BCUT2D eigenvalue weighted by atomic mass is 16.5. The first-order valence-electron chi connectivity index (χ1n) is 15.4. The highest BCUT2D eigenvalue weighted by molar-refractivity contribution is 6.06. The molecule has 4 aromatic carbocycles. The number of nitrogens with one attached hydrogen (secondary N) is 2. The number of carbonyl (C=O) groups is 2. The number of benzene rings is 4. The molecule has 224 valence electrons. The van der Waals surface area contributed by atoms with Crippen LogP contribution >= 0.6 is 0 Å². The number of hydrogen-bond acceptors (Lipinski definition) is 4. The zero-order valence-electron chi connectivity index (χ0n) is 25.4. The molecule has 6 nitrogen and oxygen atoms in total. The summed E-state index contributed by atoms with van der Waals surface area (Å²) in [6.07, 6.45) is 4.21. The molecule has 0 unspecified atom stereocenters. The van der Waals surface area contributed by atoms with Crippen molar-refractivity contribution in [1.29, 1.82) is 0 Å². The van der Waals surface area contributed by atoms with Gasteiger partial charge in [-0.05, 0) is 97.8 Å². The third-order valence-corrected chi connectivity index (χ3v) is 8.58. The largest absolute Gasteiger partial charge is 0.448 e. The Morgan fingerprint density at radius 2 is 1.34 bits per heavy atom. The SMILES string of the molecule is CC(C)=CC1CCN(Cc2ccc(C(=O)Nc3ccccc3NC(=O)OCC3c4ccccc4-c4ccccc43)cc2)CC1. The lowest BCUT2D eigenvalue weighted by atomic mass is 9.94. The summed E-state index contributed by atoms with van der Waals surface area (Å²) in [4.78, 5) is 28.5. The van der Waals surface area contributed by atoms with Crippen LogP contribution in [0.3, 0.4) is 0 Å². The summed E-state index contributed by atoms with van der Waals surface area (Å²) in [6, 6.07) is 31.4. The molecule has 1 aliphatic heterocycles. The molecule has 6 rings (SSSR count). The minimum absolute atomic E-state index is 0.0274. The molecule has 2 N–H and O–H groups in total. The molecule has 2 aliphatic rings. The summed E-state index contributed by atoms with van der Waals surface area (Å²) in [7, 11) is 0. The fourth-order valence-electron chi connectivity index (χ4n) is 6.41. The number of allylic oxidation sites excluding steroid dienone is 2. The van der Waals surface area contributed by atoms with Crippen molar-refractivity contribution in [2.45, 2.75) is 39.2 Å². The van der Waals surface area contributed by atoms with E-state index in [1.54, 1.807) is 12.1 Å². The van der Waals surface area contributed by atoms with E-state index in [2.05, 4.69) is 59.7 Å². The molecule has 1 heterocycles. The minimum atomic E-state index is -0.567. The molecule has 0 atom stereocenters. The van der Waals surface area contributed by atoms with Crippen LogP contribution in [0.1, 0.15) is 59.7 Å². The summed E-state index contributed by atoms with van der Waals surface area (Å²) in [5.74, 6) is 0.421. The number of carbonyl (C=O) groups excluding carboxylic acids is 2. The molecule has 0 saturated carbocycles. The highest BCUT2D eigenvalue weighted by Crippen LogP contribution is 2.44. The molecule has 4 aromatic rings. The monoisotopic (exact) mass is 585 g/mol. The van der Waals surface area contributed by atoms with Crippen LogP contribution in [-0.4, -0.2) is 36.6 Å². The van der Waals surface area contributed by atoms with E-state index in [0.29, 0.717) is 22.9 Å². The summed E-state index contributed by atoms with van der Waals surface area (Å²) in [5.41, 5.74) is 8.81. The van der Waals surface area contributed by atoms with Crippen molar-refractivity contribution in [3.8, 4) is 11.1 Å². The number of hydrogen-bond donors (Lipinski definition) is 2. The van der Waals surface area contributed by atoms with Crippen molar-refractivity contribution in [3.05, 3.63) is 131 Å². The third-order valence-electron chi connectivity index (χ3n) is 8.58. The van der Waals surface area contributed by atoms with Gasteiger partial charge in [-0.2, -0.15) is 0 Å². The number of rotatable bonds is 8. The van der Waals surface area contributed by atoms with E-state index in [-0.39, 0.29) is 18.4 Å². The van der Waals surface area contributed by atoms with Crippen LogP contribution in [0.25, 0.3) is 11.1 Å². The first kappa shape index (κ1) is 29.4. The molecule has 1 saturated heterocycles. The van der Waals surface area contributed by atoms with Gasteiger partial charge in [0.1, 0.15) is 6.61 Å². The summed E-state index contributed by atoms with van der Waals surface area (Å²) >= 11 is 0. The number of fused-ring (bicyclic) bond motifs is 3. The van der Waals surface area contributed by atoms with E-state index >= 15 is 0 Å². The summed E-state index contributed by atoms with van der Waals surface area (Å²) < 4.78 is 5.72. The van der Waals surface area contributed by atoms with Crippen LogP contribution in [0.4, 0.5) is 16.2 Å². The van der Waals surface area contributed by atoms with Crippen molar-refractivity contribution in [2.75, 3.05) is 30.3 Å². The van der Waals surface area contributed by atoms with Crippen LogP contribution in [0.5, 0.6) is 0 Å². The van der Waals surface area contributed by atoms with Crippen LogP contribution in [-0.2, 0) is 11.3 Å². The predicted molar refractivity (Wildman–Crippen MR) is 177 cm³/mol. The van der Waals surface area contributed by atoms with E-state index in [4.69, 9.17) is 4.74 Å². The Kier molecular flexibility index (Phi) is 8.89. The van der Waals surface area contributed by atoms with Gasteiger partial charge in [0, 0.05) is 18.0 Å². The van der Waals surface area contributed by atoms with Crippen molar-refractivity contribution in [3.63, 3.8) is 0 Å². The third kappa shape index (κ3) is 6.76. The van der Waals surface area contributed by atoms with Gasteiger partial charge in [-0.15, -0.1) is 0 Å². The lowest BCUT2D eigenvalue weighted by molar-refractivity contribution is 0.102. The fraction of sp³-hybridized carbons (Fsp3) is 0.263. The van der Waals surface area contributed by atoms with Crippen molar-refractivity contribution >= 4 is 23.4 Å². The number of likely N-dealkylation sites (tertiary alicyclic amines) is 1. The smallest absolute Gasteiger partial charge is 0.411 e. The second-order valence-corrected chi connectivity index (χ2v) is 12.0. The van der Waals surface area contributed by atoms with Crippen LogP contribution in [0.15, 0.2) is 109 Å². The van der Waals surface area contributed by atoms with Gasteiger partial charge in [0.2, 0.25) is 0 Å². The van der Waals surface area contributed by atoms with Crippen molar-refractivity contribution in [2.24, 2.45) is 5.92 Å². The molecule has 0 aromatic heterocycles. The fourth-order valence-corrected chi connectivity index (χ4v) is 6.41. The molecular weight excluding hydrogens is 546 g/mol. The molecule has 0 spiro atoms. The Morgan fingerprint density at radius 3 is 1.95 bits per heavy atom. The predicted octanol–water partition coefficient (Wildman–Crippen LogP) is 8.48. The first-order chi connectivity index (χ1) is 21.4. The average Bonchev–Trinajstić information content (AvgIpc) is 3.35. The van der Waals surface area contributed by atoms with Gasteiger partial charge < -0.3 is 10.1 Å². The number of piperidine rings is 1. The number of nitrogens with zero attached hydrogens (tertiary/aromatic N) is 1. The normalized spacial score (nSPS) is 14.8. The standard InChI is InChI=1S/C38H39N3O3/c1-26(2)23-27-19-21-41(22-20-27)24-28-15-17-29(18-16-28)37(42)39-35-13-7-8-14-36(35)40-38(43)44-25-34-32-11-5-3-9-30(32)31-10-4-6-12-33(31)34/h3-18,23,27,34H,19-22,24-25H2,1-2H3,(H,39,42)(H,40,43). The molecule has 0 bridgehead atoms. The highest BCUT2D eigenvalue weighted by Gasteiger charge is 2.29. The molecular formula is C38H39N3O3. The Balaban J connectivity index is 1.04. The molecule has 6 heteroatoms. The van der Waals surface area contributed by atoms with Gasteiger partial charge in [0.15, 0.2) is 0 Å². The van der Waals surface area contributed by atoms with E-state index in [1.807, 2.05) is 60.7 Å². The van der Waals surface area contributed by atoms with Crippen LogP contribution in [0, 0.1) is 5.92 Å². The van der Waals surface area contributed by atoms with Gasteiger partial charge in [-0.3, -0.25) is 15.0 Å². The van der Waals surface area contributed by atoms with Gasteiger partial charge in [-0.25, -0.2) is 4.79 Å². The molecule has 44 heavy (non-hydrogen) atoms. The molecule has 2 amide bonds. The van der Waals surface area contributed by atoms with Crippen LogP contribution in [0.2, 0.25) is 0 Å². The van der Waals surface area contributed by atoms with Crippen LogP contribution < -0.4 is 10.6 Å². The van der Waals surface area contributed by atoms with Gasteiger partial charge in [0.25, 0.3) is 5.91 Å². The molecule has 0 radical (unpaired) electrons. The lowest BCUT2D eigenvalue weighted by Crippen LogP contribution is -2.32. The van der Waals surface area contributed by atoms with Crippen molar-refractivity contribution in [1.82, 2.24) is 4.90 Å². The summed E-state index contributed by atoms with van der Waals surface area (Å²) in [5, 5.41) is 5.77. The van der Waals surface area contributed by atoms with E-state index < -0.39 is 6.09 Å². The number of ether oxygens (including phenoxy) is 1. The second-order valence-electron chi connectivity index (χ2n) is 12.0. The van der Waals surface area contributed by atoms with E-state index in [0.717, 1.165) is 30.8 Å². The topological polar surface area (TPSA) is 70.7 Å². The maximum atomic E-state index is 13.1. The maximum Gasteiger partial charge on any atom is 0.411 e. The van der Waals surface area contributed by atoms with E-state index in [9.17, 15) is 9.59 Å². The Hall–Kier alpha value is -4.68. The van der Waals surface area contributed by atoms with Gasteiger partial charge in [-0.1, -0.05) is 84.4 Å². The van der Waals surface area contributed by atoms with Gasteiger partial charge >= 0.3 is 6.09 Å². The maximum absolute atomic E-state index is 13.1. The number of amides is 2. The molecule has 1 aliphatic carbocycles. The zero-order chi connectivity index (χ0) is 30.5. The molecule has 1 fully saturated rings. The average molecular weight is 586 g/mol. The second kappa shape index (κ2) is 13.3. The Labute approximate surface area is 259 Å². The van der Waals surface area contributed by atoms with Crippen molar-refractivity contribution < 1.29 is 14.3 Å². The first-order valence-corrected chi connectivity index (χ1v) is 15.4. The Bertz CT molecular complexity index is 1620. The lowest BCUT2D eigenvalue weighted by Gasteiger charge is -2.31. The summed E-state index contributed by atoms with van der Waals surface area (Å²) in [6.45, 7) is 7.62. The van der Waals surface area contributed by atoms with Gasteiger partial charge in [0.05, 0.1) is 11.4 Å². The quantitative estimate of drug-likeness (QED) is 0.204. The Morgan fingerprint density at radius 1 is 0.773 bits per heavy atom. The minimum Gasteiger partial charge on any atom is -0.448 e. The van der Waals surface area contributed by atoms with E-state index in [1.165, 1.54) is 35.1 Å². The number of para-hydroxylation sites is 2. The zero-order valence-corrected chi connectivity index (χ0v) is 25.4. The number of anilines is 2.